The summed E-state index contributed by atoms with van der Waals surface area (Å²) < 4.78 is 1.85. The van der Waals surface area contributed by atoms with Crippen LogP contribution in [0.5, 0.6) is 0 Å². The molecule has 0 aliphatic carbocycles. The third-order valence-corrected chi connectivity index (χ3v) is 4.60. The van der Waals surface area contributed by atoms with Crippen molar-refractivity contribution in [2.45, 2.75) is 38.6 Å². The van der Waals surface area contributed by atoms with Gasteiger partial charge in [0, 0.05) is 42.7 Å². The summed E-state index contributed by atoms with van der Waals surface area (Å²) in [5.41, 5.74) is 9.30. The van der Waals surface area contributed by atoms with E-state index in [1.54, 1.807) is 12.4 Å². The molecular formula is C22H27N5O. The van der Waals surface area contributed by atoms with Crippen molar-refractivity contribution in [1.82, 2.24) is 20.1 Å². The average molecular weight is 377 g/mol. The minimum atomic E-state index is 0.0703. The molecule has 1 amide bonds. The molecule has 2 aromatic heterocycles. The lowest BCUT2D eigenvalue weighted by Gasteiger charge is -2.06. The molecule has 6 heteroatoms. The Kier molecular flexibility index (Phi) is 7.32. The SMILES string of the molecule is NCCCCCCC(=O)NCc1cn(-c2ccccc2)nc1-c1ccncc1. The highest BCUT2D eigenvalue weighted by Gasteiger charge is 2.13. The van der Waals surface area contributed by atoms with Gasteiger partial charge in [-0.1, -0.05) is 31.0 Å². The third kappa shape index (κ3) is 5.50. The standard InChI is InChI=1S/C22H27N5O/c23-13-7-2-1-6-10-21(28)25-16-19-17-27(20-8-4-3-5-9-20)26-22(19)18-11-14-24-15-12-18/h3-5,8-9,11-12,14-15,17H,1-2,6-7,10,13,16,23H2,(H,25,28). The van der Waals surface area contributed by atoms with Crippen LogP contribution in [0.4, 0.5) is 0 Å². The average Bonchev–Trinajstić information content (AvgIpc) is 3.18. The molecule has 3 aromatic rings. The monoisotopic (exact) mass is 377 g/mol. The van der Waals surface area contributed by atoms with Crippen LogP contribution in [-0.2, 0) is 11.3 Å². The highest BCUT2D eigenvalue weighted by Crippen LogP contribution is 2.23. The molecule has 0 fully saturated rings. The Labute approximate surface area is 165 Å². The maximum atomic E-state index is 12.2. The zero-order valence-electron chi connectivity index (χ0n) is 16.1. The van der Waals surface area contributed by atoms with Gasteiger partial charge in [-0.15, -0.1) is 0 Å². The smallest absolute Gasteiger partial charge is 0.220 e. The number of rotatable bonds is 10. The number of hydrogen-bond acceptors (Lipinski definition) is 4. The van der Waals surface area contributed by atoms with E-state index in [0.717, 1.165) is 54.7 Å². The molecule has 3 rings (SSSR count). The minimum Gasteiger partial charge on any atom is -0.352 e. The summed E-state index contributed by atoms with van der Waals surface area (Å²) in [6.07, 6.45) is 10.1. The van der Waals surface area contributed by atoms with Crippen molar-refractivity contribution in [3.63, 3.8) is 0 Å². The van der Waals surface area contributed by atoms with Crippen LogP contribution in [0.25, 0.3) is 16.9 Å². The van der Waals surface area contributed by atoms with Gasteiger partial charge in [0.15, 0.2) is 0 Å². The summed E-state index contributed by atoms with van der Waals surface area (Å²) in [6, 6.07) is 13.8. The Morgan fingerprint density at radius 1 is 1.00 bits per heavy atom. The Hall–Kier alpha value is -2.99. The van der Waals surface area contributed by atoms with Crippen LogP contribution in [0.2, 0.25) is 0 Å². The Morgan fingerprint density at radius 3 is 2.50 bits per heavy atom. The summed E-state index contributed by atoms with van der Waals surface area (Å²) in [6.45, 7) is 1.17. The van der Waals surface area contributed by atoms with Gasteiger partial charge in [-0.2, -0.15) is 5.10 Å². The molecule has 0 unspecified atom stereocenters. The van der Waals surface area contributed by atoms with Gasteiger partial charge in [0.2, 0.25) is 5.91 Å². The molecule has 0 atom stereocenters. The van der Waals surface area contributed by atoms with Crippen LogP contribution >= 0.6 is 0 Å². The summed E-state index contributed by atoms with van der Waals surface area (Å²) in [7, 11) is 0. The molecule has 0 saturated carbocycles. The van der Waals surface area contributed by atoms with Crippen LogP contribution in [0, 0.1) is 0 Å². The van der Waals surface area contributed by atoms with Gasteiger partial charge < -0.3 is 11.1 Å². The summed E-state index contributed by atoms with van der Waals surface area (Å²) >= 11 is 0. The summed E-state index contributed by atoms with van der Waals surface area (Å²) in [5.74, 6) is 0.0703. The van der Waals surface area contributed by atoms with E-state index in [4.69, 9.17) is 10.8 Å². The number of nitrogens with one attached hydrogen (secondary N) is 1. The van der Waals surface area contributed by atoms with Gasteiger partial charge in [-0.25, -0.2) is 4.68 Å². The summed E-state index contributed by atoms with van der Waals surface area (Å²) in [5, 5.41) is 7.78. The molecular weight excluding hydrogens is 350 g/mol. The molecule has 2 heterocycles. The van der Waals surface area contributed by atoms with Crippen LogP contribution in [0.15, 0.2) is 61.1 Å². The number of unbranched alkanes of at least 4 members (excludes halogenated alkanes) is 3. The predicted octanol–water partition coefficient (Wildman–Crippen LogP) is 3.46. The molecule has 6 nitrogen and oxygen atoms in total. The number of para-hydroxylation sites is 1. The number of carbonyl (C=O) groups is 1. The first-order chi connectivity index (χ1) is 13.8. The fourth-order valence-electron chi connectivity index (χ4n) is 3.07. The van der Waals surface area contributed by atoms with E-state index in [-0.39, 0.29) is 5.91 Å². The van der Waals surface area contributed by atoms with Crippen molar-refractivity contribution in [3.8, 4) is 16.9 Å². The molecule has 28 heavy (non-hydrogen) atoms. The van der Waals surface area contributed by atoms with E-state index in [9.17, 15) is 4.79 Å². The predicted molar refractivity (Wildman–Crippen MR) is 111 cm³/mol. The second kappa shape index (κ2) is 10.4. The van der Waals surface area contributed by atoms with Gasteiger partial charge in [0.05, 0.1) is 11.4 Å². The highest BCUT2D eigenvalue weighted by atomic mass is 16.1. The Bertz CT molecular complexity index is 861. The van der Waals surface area contributed by atoms with Crippen molar-refractivity contribution in [3.05, 3.63) is 66.6 Å². The molecule has 146 valence electrons. The van der Waals surface area contributed by atoms with Gasteiger partial charge in [-0.05, 0) is 43.7 Å². The normalized spacial score (nSPS) is 10.8. The lowest BCUT2D eigenvalue weighted by Crippen LogP contribution is -2.22. The van der Waals surface area contributed by atoms with E-state index < -0.39 is 0 Å². The maximum absolute atomic E-state index is 12.2. The number of amides is 1. The van der Waals surface area contributed by atoms with Crippen LogP contribution in [-0.4, -0.2) is 27.2 Å². The van der Waals surface area contributed by atoms with Crippen molar-refractivity contribution in [2.24, 2.45) is 5.73 Å². The number of hydrogen-bond donors (Lipinski definition) is 2. The largest absolute Gasteiger partial charge is 0.352 e. The first kappa shape index (κ1) is 19.8. The molecule has 0 spiro atoms. The van der Waals surface area contributed by atoms with E-state index >= 15 is 0 Å². The number of benzene rings is 1. The van der Waals surface area contributed by atoms with Crippen molar-refractivity contribution in [1.29, 1.82) is 0 Å². The highest BCUT2D eigenvalue weighted by molar-refractivity contribution is 5.76. The topological polar surface area (TPSA) is 85.8 Å². The van der Waals surface area contributed by atoms with E-state index in [1.807, 2.05) is 53.3 Å². The molecule has 3 N–H and O–H groups in total. The molecule has 0 saturated heterocycles. The molecule has 1 aromatic carbocycles. The van der Waals surface area contributed by atoms with Gasteiger partial charge in [0.25, 0.3) is 0 Å². The maximum Gasteiger partial charge on any atom is 0.220 e. The number of pyridine rings is 1. The zero-order chi connectivity index (χ0) is 19.6. The fraction of sp³-hybridized carbons (Fsp3) is 0.318. The number of nitrogens with zero attached hydrogens (tertiary/aromatic N) is 3. The Balaban J connectivity index is 1.69. The van der Waals surface area contributed by atoms with E-state index in [2.05, 4.69) is 10.3 Å². The molecule has 0 aliphatic rings. The van der Waals surface area contributed by atoms with Crippen molar-refractivity contribution >= 4 is 5.91 Å². The van der Waals surface area contributed by atoms with Gasteiger partial charge in [0.1, 0.15) is 0 Å². The van der Waals surface area contributed by atoms with Crippen molar-refractivity contribution < 1.29 is 4.79 Å². The van der Waals surface area contributed by atoms with Crippen LogP contribution in [0.1, 0.15) is 37.7 Å². The van der Waals surface area contributed by atoms with Crippen molar-refractivity contribution in [2.75, 3.05) is 6.54 Å². The molecule has 0 aliphatic heterocycles. The molecule has 0 bridgehead atoms. The van der Waals surface area contributed by atoms with Gasteiger partial charge >= 0.3 is 0 Å². The van der Waals surface area contributed by atoms with E-state index in [1.165, 1.54) is 0 Å². The number of carbonyl (C=O) groups excluding carboxylic acids is 1. The Morgan fingerprint density at radius 2 is 1.75 bits per heavy atom. The fourth-order valence-corrected chi connectivity index (χ4v) is 3.07. The lowest BCUT2D eigenvalue weighted by molar-refractivity contribution is -0.121. The number of nitrogens with two attached hydrogens (primary N) is 1. The quantitative estimate of drug-likeness (QED) is 0.530. The van der Waals surface area contributed by atoms with E-state index in [0.29, 0.717) is 13.0 Å². The second-order valence-electron chi connectivity index (χ2n) is 6.75. The van der Waals surface area contributed by atoms with Crippen LogP contribution < -0.4 is 11.1 Å². The lowest BCUT2D eigenvalue weighted by atomic mass is 10.1. The van der Waals surface area contributed by atoms with Gasteiger partial charge in [-0.3, -0.25) is 9.78 Å². The first-order valence-electron chi connectivity index (χ1n) is 9.79. The number of aromatic nitrogens is 3. The third-order valence-electron chi connectivity index (χ3n) is 4.60. The minimum absolute atomic E-state index is 0.0703. The molecule has 0 radical (unpaired) electrons. The summed E-state index contributed by atoms with van der Waals surface area (Å²) in [4.78, 5) is 16.3. The zero-order valence-corrected chi connectivity index (χ0v) is 16.1. The second-order valence-corrected chi connectivity index (χ2v) is 6.75. The van der Waals surface area contributed by atoms with Crippen LogP contribution in [0.3, 0.4) is 0 Å². The first-order valence-corrected chi connectivity index (χ1v) is 9.79.